The second-order valence-corrected chi connectivity index (χ2v) is 13.2. The Hall–Kier alpha value is -4.32. The number of aliphatic hydroxyl groups excluding tert-OH is 1. The summed E-state index contributed by atoms with van der Waals surface area (Å²) in [5.74, 6) is -3.35. The van der Waals surface area contributed by atoms with Gasteiger partial charge in [0.25, 0.3) is 0 Å². The van der Waals surface area contributed by atoms with E-state index in [9.17, 15) is 24.3 Å². The molecule has 2 aromatic rings. The number of esters is 1. The standard InChI is InChI=1S/C39H49N3O8/c1-4-6-19-31(44)40-29(26-48-3)34(28-17-11-8-12-18-28)49-38(47)32-30-20-21-39(50-30)33(32)36(45)42(23-13-14-24-43)35(39)37(46)41(22-5-2)25-27-15-9-7-10-16-27/h4-5,7-12,15-18,29-30,32-35,43H,1-2,6,13-14,19-26H2,3H3,(H,40,44)/t29-,30-,32+,33+,34-,35-,39+/m1/s1. The number of fused-ring (bicyclic) bond motifs is 1. The molecule has 3 aliphatic rings. The molecule has 3 amide bonds. The Kier molecular flexibility index (Phi) is 12.6. The lowest BCUT2D eigenvalue weighted by Crippen LogP contribution is -2.56. The summed E-state index contributed by atoms with van der Waals surface area (Å²) in [5, 5.41) is 12.5. The number of hydrogen-bond acceptors (Lipinski definition) is 8. The summed E-state index contributed by atoms with van der Waals surface area (Å²) >= 11 is 0. The van der Waals surface area contributed by atoms with Crippen LogP contribution in [-0.4, -0.2) is 95.8 Å². The number of hydrogen-bond donors (Lipinski definition) is 2. The van der Waals surface area contributed by atoms with Crippen LogP contribution in [0.25, 0.3) is 0 Å². The van der Waals surface area contributed by atoms with Crippen molar-refractivity contribution in [2.24, 2.45) is 11.8 Å². The lowest BCUT2D eigenvalue weighted by molar-refractivity contribution is -0.163. The smallest absolute Gasteiger partial charge is 0.313 e. The van der Waals surface area contributed by atoms with Crippen molar-refractivity contribution in [1.82, 2.24) is 15.1 Å². The number of amides is 3. The summed E-state index contributed by atoms with van der Waals surface area (Å²) < 4.78 is 18.4. The molecule has 0 saturated carbocycles. The number of nitrogens with one attached hydrogen (secondary N) is 1. The summed E-state index contributed by atoms with van der Waals surface area (Å²) in [4.78, 5) is 59.6. The Bertz CT molecular complexity index is 1500. The van der Waals surface area contributed by atoms with Gasteiger partial charge in [0.05, 0.1) is 30.6 Å². The number of rotatable bonds is 19. The lowest BCUT2D eigenvalue weighted by atomic mass is 9.70. The van der Waals surface area contributed by atoms with Crippen molar-refractivity contribution < 1.29 is 38.5 Å². The molecule has 3 aliphatic heterocycles. The Labute approximate surface area is 294 Å². The van der Waals surface area contributed by atoms with E-state index in [-0.39, 0.29) is 50.4 Å². The van der Waals surface area contributed by atoms with E-state index in [4.69, 9.17) is 14.2 Å². The van der Waals surface area contributed by atoms with E-state index in [1.165, 1.54) is 7.11 Å². The molecule has 0 radical (unpaired) electrons. The third kappa shape index (κ3) is 7.70. The van der Waals surface area contributed by atoms with Crippen LogP contribution < -0.4 is 5.32 Å². The molecule has 5 rings (SSSR count). The largest absolute Gasteiger partial charge is 0.455 e. The van der Waals surface area contributed by atoms with E-state index in [1.807, 2.05) is 60.7 Å². The Morgan fingerprint density at radius 1 is 1.10 bits per heavy atom. The number of carbonyl (C=O) groups excluding carboxylic acids is 4. The number of benzene rings is 2. The third-order valence-electron chi connectivity index (χ3n) is 10.00. The number of ether oxygens (including phenoxy) is 3. The molecule has 1 spiro atoms. The molecule has 2 aromatic carbocycles. The molecule has 2 bridgehead atoms. The first-order valence-electron chi connectivity index (χ1n) is 17.5. The van der Waals surface area contributed by atoms with Crippen molar-refractivity contribution in [3.63, 3.8) is 0 Å². The van der Waals surface area contributed by atoms with Gasteiger partial charge in [-0.2, -0.15) is 0 Å². The first-order chi connectivity index (χ1) is 24.3. The first-order valence-corrected chi connectivity index (χ1v) is 17.5. The highest BCUT2D eigenvalue weighted by molar-refractivity contribution is 5.98. The number of carbonyl (C=O) groups is 4. The number of unbranched alkanes of at least 4 members (excludes halogenated alkanes) is 1. The van der Waals surface area contributed by atoms with E-state index >= 15 is 0 Å². The zero-order chi connectivity index (χ0) is 35.7. The first kappa shape index (κ1) is 36.9. The third-order valence-corrected chi connectivity index (χ3v) is 10.00. The predicted molar refractivity (Wildman–Crippen MR) is 186 cm³/mol. The normalized spacial score (nSPS) is 24.7. The molecule has 11 heteroatoms. The van der Waals surface area contributed by atoms with Crippen LogP contribution >= 0.6 is 0 Å². The number of aliphatic hydroxyl groups is 1. The minimum Gasteiger partial charge on any atom is -0.455 e. The zero-order valence-corrected chi connectivity index (χ0v) is 28.8. The maximum atomic E-state index is 14.6. The minimum atomic E-state index is -1.22. The SMILES string of the molecule is C=CCCC(=O)N[C@H](COC)[C@H](OC(=O)[C@@H]1[C@H]2C(=O)N(CCCCO)[C@H](C(=O)N(CC=C)Cc3ccccc3)[C@]23CC[C@H]1O3)c1ccccc1. The zero-order valence-electron chi connectivity index (χ0n) is 28.8. The fraction of sp³-hybridized carbons (Fsp3) is 0.487. The maximum Gasteiger partial charge on any atom is 0.313 e. The molecular weight excluding hydrogens is 638 g/mol. The number of allylic oxidation sites excluding steroid dienone is 1. The fourth-order valence-electron chi connectivity index (χ4n) is 7.83. The monoisotopic (exact) mass is 687 g/mol. The van der Waals surface area contributed by atoms with E-state index in [2.05, 4.69) is 18.5 Å². The highest BCUT2D eigenvalue weighted by Crippen LogP contribution is 2.59. The van der Waals surface area contributed by atoms with Gasteiger partial charge in [-0.25, -0.2) is 0 Å². The molecule has 0 aliphatic carbocycles. The molecule has 3 fully saturated rings. The average molecular weight is 688 g/mol. The maximum absolute atomic E-state index is 14.6. The van der Waals surface area contributed by atoms with Gasteiger partial charge in [-0.1, -0.05) is 72.8 Å². The van der Waals surface area contributed by atoms with Crippen LogP contribution in [0.3, 0.4) is 0 Å². The van der Waals surface area contributed by atoms with Crippen molar-refractivity contribution in [2.45, 2.75) is 75.0 Å². The Balaban J connectivity index is 1.46. The summed E-state index contributed by atoms with van der Waals surface area (Å²) in [6.07, 6.45) is 4.33. The van der Waals surface area contributed by atoms with Gasteiger partial charge in [-0.15, -0.1) is 13.2 Å². The van der Waals surface area contributed by atoms with E-state index in [0.29, 0.717) is 44.2 Å². The van der Waals surface area contributed by atoms with Crippen molar-refractivity contribution >= 4 is 23.7 Å². The molecule has 0 aromatic heterocycles. The molecule has 3 saturated heterocycles. The van der Waals surface area contributed by atoms with Gasteiger partial charge in [0.2, 0.25) is 17.7 Å². The molecular formula is C39H49N3O8. The predicted octanol–water partition coefficient (Wildman–Crippen LogP) is 3.73. The number of nitrogens with zero attached hydrogens (tertiary/aromatic N) is 2. The molecule has 11 nitrogen and oxygen atoms in total. The van der Waals surface area contributed by atoms with Crippen LogP contribution in [-0.2, 0) is 39.9 Å². The highest BCUT2D eigenvalue weighted by atomic mass is 16.6. The van der Waals surface area contributed by atoms with E-state index in [0.717, 1.165) is 5.56 Å². The van der Waals surface area contributed by atoms with Gasteiger partial charge >= 0.3 is 5.97 Å². The van der Waals surface area contributed by atoms with Crippen molar-refractivity contribution in [3.8, 4) is 0 Å². The van der Waals surface area contributed by atoms with Gasteiger partial charge in [0, 0.05) is 39.8 Å². The average Bonchev–Trinajstić information content (AvgIpc) is 3.77. The second kappa shape index (κ2) is 17.1. The van der Waals surface area contributed by atoms with Crippen LogP contribution in [0.4, 0.5) is 0 Å². The molecule has 2 N–H and O–H groups in total. The van der Waals surface area contributed by atoms with Gasteiger partial charge in [-0.3, -0.25) is 19.2 Å². The molecule has 3 heterocycles. The highest BCUT2D eigenvalue weighted by Gasteiger charge is 2.75. The van der Waals surface area contributed by atoms with Crippen LogP contribution in [0.1, 0.15) is 55.8 Å². The van der Waals surface area contributed by atoms with E-state index in [1.54, 1.807) is 22.0 Å². The summed E-state index contributed by atoms with van der Waals surface area (Å²) in [7, 11) is 1.51. The van der Waals surface area contributed by atoms with Crippen LogP contribution in [0.2, 0.25) is 0 Å². The summed E-state index contributed by atoms with van der Waals surface area (Å²) in [5.41, 5.74) is 0.369. The number of likely N-dealkylation sites (tertiary alicyclic amines) is 1. The molecule has 0 unspecified atom stereocenters. The molecule has 50 heavy (non-hydrogen) atoms. The van der Waals surface area contributed by atoms with Crippen LogP contribution in [0.15, 0.2) is 86.0 Å². The molecule has 7 atom stereocenters. The van der Waals surface area contributed by atoms with E-state index < -0.39 is 47.7 Å². The van der Waals surface area contributed by atoms with Crippen LogP contribution in [0, 0.1) is 11.8 Å². The van der Waals surface area contributed by atoms with Crippen molar-refractivity contribution in [2.75, 3.05) is 33.4 Å². The number of methoxy groups -OCH3 is 1. The van der Waals surface area contributed by atoms with Crippen molar-refractivity contribution in [1.29, 1.82) is 0 Å². The molecule has 268 valence electrons. The van der Waals surface area contributed by atoms with Crippen molar-refractivity contribution in [3.05, 3.63) is 97.1 Å². The minimum absolute atomic E-state index is 0.0486. The fourth-order valence-corrected chi connectivity index (χ4v) is 7.83. The second-order valence-electron chi connectivity index (χ2n) is 13.2. The van der Waals surface area contributed by atoms with Gasteiger partial charge in [0.15, 0.2) is 0 Å². The van der Waals surface area contributed by atoms with Gasteiger partial charge < -0.3 is 34.4 Å². The Morgan fingerprint density at radius 2 is 1.82 bits per heavy atom. The lowest BCUT2D eigenvalue weighted by Gasteiger charge is -2.37. The van der Waals surface area contributed by atoms with Gasteiger partial charge in [-0.05, 0) is 43.2 Å². The Morgan fingerprint density at radius 3 is 2.48 bits per heavy atom. The summed E-state index contributed by atoms with van der Waals surface area (Å²) in [6, 6.07) is 17.0. The quantitative estimate of drug-likeness (QED) is 0.130. The summed E-state index contributed by atoms with van der Waals surface area (Å²) in [6.45, 7) is 8.39. The topological polar surface area (TPSA) is 135 Å². The van der Waals surface area contributed by atoms with Crippen LogP contribution in [0.5, 0.6) is 0 Å². The van der Waals surface area contributed by atoms with Gasteiger partial charge in [0.1, 0.15) is 17.7 Å².